The lowest BCUT2D eigenvalue weighted by Crippen LogP contribution is -2.42. The molecule has 0 spiro atoms. The Hall–Kier alpha value is -2.35. The lowest BCUT2D eigenvalue weighted by atomic mass is 10.1. The largest absolute Gasteiger partial charge is 0.480 e. The number of hydrogen-bond donors (Lipinski definition) is 2. The van der Waals surface area contributed by atoms with E-state index in [4.69, 9.17) is 23.2 Å². The number of anilines is 1. The number of benzene rings is 1. The van der Waals surface area contributed by atoms with Gasteiger partial charge in [0.25, 0.3) is 0 Å². The number of halogens is 2. The molecule has 0 radical (unpaired) electrons. The summed E-state index contributed by atoms with van der Waals surface area (Å²) in [6.07, 6.45) is 4.43. The summed E-state index contributed by atoms with van der Waals surface area (Å²) >= 11 is 12.5. The molecule has 1 aromatic carbocycles. The van der Waals surface area contributed by atoms with E-state index in [2.05, 4.69) is 9.97 Å². The van der Waals surface area contributed by atoms with Crippen LogP contribution >= 0.6 is 23.2 Å². The summed E-state index contributed by atoms with van der Waals surface area (Å²) in [5.41, 5.74) is 1.21. The Morgan fingerprint density at radius 2 is 2.12 bits per heavy atom. The fourth-order valence-corrected chi connectivity index (χ4v) is 3.66. The molecule has 1 aliphatic rings. The number of rotatable bonds is 3. The zero-order valence-electron chi connectivity index (χ0n) is 13.4. The number of hydrogen-bond acceptors (Lipinski definition) is 5. The number of aromatic nitrogens is 3. The standard InChI is InChI=1S/C17H14Cl2N4O3/c18-10-2-1-9-11(22-6-4-20-8-22)7-13(21-15(9)14(10)19)23-5-3-12(24)16(23)17(25)26/h1-2,4,6-8,12,16,24H,3,5H2,(H,25,26)/t12-,16+/m1/s1. The number of carboxylic acid groups (broad SMARTS) is 1. The number of imidazole rings is 1. The van der Waals surface area contributed by atoms with Crippen LogP contribution in [0.1, 0.15) is 6.42 Å². The molecule has 2 atom stereocenters. The second-order valence-electron chi connectivity index (χ2n) is 6.06. The average Bonchev–Trinajstić information content (AvgIpc) is 3.27. The van der Waals surface area contributed by atoms with Crippen molar-refractivity contribution in [2.75, 3.05) is 11.4 Å². The van der Waals surface area contributed by atoms with Crippen molar-refractivity contribution in [3.05, 3.63) is 47.0 Å². The van der Waals surface area contributed by atoms with Crippen molar-refractivity contribution in [1.29, 1.82) is 0 Å². The zero-order chi connectivity index (χ0) is 18.4. The average molecular weight is 393 g/mol. The first-order valence-corrected chi connectivity index (χ1v) is 8.67. The molecule has 0 bridgehead atoms. The first-order chi connectivity index (χ1) is 12.5. The highest BCUT2D eigenvalue weighted by atomic mass is 35.5. The Morgan fingerprint density at radius 1 is 1.31 bits per heavy atom. The first kappa shape index (κ1) is 17.1. The van der Waals surface area contributed by atoms with Crippen molar-refractivity contribution < 1.29 is 15.0 Å². The Morgan fingerprint density at radius 3 is 2.81 bits per heavy atom. The molecule has 0 aliphatic carbocycles. The van der Waals surface area contributed by atoms with Gasteiger partial charge in [-0.05, 0) is 18.6 Å². The normalized spacial score (nSPS) is 20.0. The van der Waals surface area contributed by atoms with Gasteiger partial charge >= 0.3 is 5.97 Å². The van der Waals surface area contributed by atoms with E-state index in [1.54, 1.807) is 40.3 Å². The number of aliphatic carboxylic acids is 1. The van der Waals surface area contributed by atoms with Gasteiger partial charge in [0.2, 0.25) is 0 Å². The van der Waals surface area contributed by atoms with E-state index in [-0.39, 0.29) is 0 Å². The van der Waals surface area contributed by atoms with Crippen LogP contribution in [-0.4, -0.2) is 49.4 Å². The maximum Gasteiger partial charge on any atom is 0.329 e. The third-order valence-electron chi connectivity index (χ3n) is 4.53. The molecule has 1 aliphatic heterocycles. The predicted molar refractivity (Wildman–Crippen MR) is 98.3 cm³/mol. The minimum Gasteiger partial charge on any atom is -0.480 e. The summed E-state index contributed by atoms with van der Waals surface area (Å²) in [6, 6.07) is 4.20. The second-order valence-corrected chi connectivity index (χ2v) is 6.84. The molecule has 134 valence electrons. The number of carbonyl (C=O) groups is 1. The summed E-state index contributed by atoms with van der Waals surface area (Å²) in [4.78, 5) is 21.8. The predicted octanol–water partition coefficient (Wildman–Crippen LogP) is 2.75. The molecule has 4 rings (SSSR count). The molecule has 0 unspecified atom stereocenters. The summed E-state index contributed by atoms with van der Waals surface area (Å²) in [5.74, 6) is -0.687. The van der Waals surface area contributed by atoms with Crippen molar-refractivity contribution in [1.82, 2.24) is 14.5 Å². The Balaban J connectivity index is 1.96. The fourth-order valence-electron chi connectivity index (χ4n) is 3.30. The highest BCUT2D eigenvalue weighted by Crippen LogP contribution is 2.36. The van der Waals surface area contributed by atoms with E-state index >= 15 is 0 Å². The third-order valence-corrected chi connectivity index (χ3v) is 5.33. The first-order valence-electron chi connectivity index (χ1n) is 7.92. The number of pyridine rings is 1. The molecule has 3 heterocycles. The lowest BCUT2D eigenvalue weighted by Gasteiger charge is -2.25. The number of aliphatic hydroxyl groups excluding tert-OH is 1. The summed E-state index contributed by atoms with van der Waals surface area (Å²) in [5, 5.41) is 20.9. The highest BCUT2D eigenvalue weighted by Gasteiger charge is 2.39. The van der Waals surface area contributed by atoms with E-state index < -0.39 is 18.1 Å². The summed E-state index contributed by atoms with van der Waals surface area (Å²) in [6.45, 7) is 0.373. The minimum atomic E-state index is -1.10. The molecule has 0 amide bonds. The van der Waals surface area contributed by atoms with Crippen molar-refractivity contribution in [3.63, 3.8) is 0 Å². The molecule has 9 heteroatoms. The summed E-state index contributed by atoms with van der Waals surface area (Å²) in [7, 11) is 0. The van der Waals surface area contributed by atoms with Gasteiger partial charge in [-0.15, -0.1) is 0 Å². The lowest BCUT2D eigenvalue weighted by molar-refractivity contribution is -0.140. The van der Waals surface area contributed by atoms with Crippen LogP contribution in [0.15, 0.2) is 36.9 Å². The molecule has 1 fully saturated rings. The van der Waals surface area contributed by atoms with Crippen molar-refractivity contribution in [3.8, 4) is 5.69 Å². The Labute approximate surface area is 158 Å². The van der Waals surface area contributed by atoms with E-state index in [0.717, 1.165) is 11.1 Å². The fraction of sp³-hybridized carbons (Fsp3) is 0.235. The molecule has 2 N–H and O–H groups in total. The number of carboxylic acids is 1. The van der Waals surface area contributed by atoms with Crippen LogP contribution in [0.5, 0.6) is 0 Å². The van der Waals surface area contributed by atoms with Crippen molar-refractivity contribution in [2.24, 2.45) is 0 Å². The Bertz CT molecular complexity index is 993. The van der Waals surface area contributed by atoms with E-state index in [1.165, 1.54) is 0 Å². The van der Waals surface area contributed by atoms with Crippen LogP contribution in [0.2, 0.25) is 10.0 Å². The van der Waals surface area contributed by atoms with Crippen LogP contribution in [0.25, 0.3) is 16.6 Å². The van der Waals surface area contributed by atoms with Crippen LogP contribution in [0, 0.1) is 0 Å². The van der Waals surface area contributed by atoms with Crippen LogP contribution < -0.4 is 4.90 Å². The van der Waals surface area contributed by atoms with E-state index in [1.807, 2.05) is 6.07 Å². The van der Waals surface area contributed by atoms with Gasteiger partial charge in [-0.25, -0.2) is 14.8 Å². The van der Waals surface area contributed by atoms with Crippen LogP contribution in [0.3, 0.4) is 0 Å². The quantitative estimate of drug-likeness (QED) is 0.711. The summed E-state index contributed by atoms with van der Waals surface area (Å²) < 4.78 is 1.79. The van der Waals surface area contributed by atoms with Crippen molar-refractivity contribution in [2.45, 2.75) is 18.6 Å². The zero-order valence-corrected chi connectivity index (χ0v) is 14.9. The number of nitrogens with zero attached hydrogens (tertiary/aromatic N) is 4. The van der Waals surface area contributed by atoms with Crippen LogP contribution in [-0.2, 0) is 4.79 Å². The van der Waals surface area contributed by atoms with Gasteiger partial charge < -0.3 is 19.7 Å². The van der Waals surface area contributed by atoms with Gasteiger partial charge in [-0.1, -0.05) is 23.2 Å². The smallest absolute Gasteiger partial charge is 0.329 e. The maximum absolute atomic E-state index is 11.6. The third kappa shape index (κ3) is 2.68. The molecule has 7 nitrogen and oxygen atoms in total. The highest BCUT2D eigenvalue weighted by molar-refractivity contribution is 6.45. The topological polar surface area (TPSA) is 91.5 Å². The van der Waals surface area contributed by atoms with Gasteiger partial charge in [0.05, 0.1) is 33.7 Å². The molecule has 3 aromatic rings. The minimum absolute atomic E-state index is 0.291. The molecule has 26 heavy (non-hydrogen) atoms. The number of aliphatic hydroxyl groups is 1. The van der Waals surface area contributed by atoms with Gasteiger partial charge in [-0.3, -0.25) is 0 Å². The monoisotopic (exact) mass is 392 g/mol. The van der Waals surface area contributed by atoms with Crippen molar-refractivity contribution >= 4 is 45.9 Å². The second kappa shape index (κ2) is 6.42. The molecule has 2 aromatic heterocycles. The van der Waals surface area contributed by atoms with Gasteiger partial charge in [0.1, 0.15) is 5.82 Å². The van der Waals surface area contributed by atoms with Gasteiger partial charge in [0, 0.05) is 30.4 Å². The maximum atomic E-state index is 11.6. The SMILES string of the molecule is O=C(O)[C@@H]1[C@H](O)CCN1c1cc(-n2ccnc2)c2ccc(Cl)c(Cl)c2n1. The van der Waals surface area contributed by atoms with Gasteiger partial charge in [-0.2, -0.15) is 0 Å². The number of fused-ring (bicyclic) bond motifs is 1. The Kier molecular flexibility index (Phi) is 4.22. The van der Waals surface area contributed by atoms with Crippen LogP contribution in [0.4, 0.5) is 5.82 Å². The molecular weight excluding hydrogens is 379 g/mol. The van der Waals surface area contributed by atoms with Gasteiger partial charge in [0.15, 0.2) is 6.04 Å². The molecule has 0 saturated carbocycles. The van der Waals surface area contributed by atoms with E-state index in [9.17, 15) is 15.0 Å². The molecule has 1 saturated heterocycles. The van der Waals surface area contributed by atoms with E-state index in [0.29, 0.717) is 34.3 Å². The molecular formula is C17H14Cl2N4O3.